The number of anilines is 1. The molecular formula is C20H19N3O6. The Morgan fingerprint density at radius 1 is 1.21 bits per heavy atom. The smallest absolute Gasteiger partial charge is 0.338 e. The highest BCUT2D eigenvalue weighted by Crippen LogP contribution is 2.26. The molecule has 0 aliphatic carbocycles. The normalized spacial score (nSPS) is 10.5. The Balaban J connectivity index is 1.65. The number of methoxy groups -OCH3 is 1. The maximum Gasteiger partial charge on any atom is 0.338 e. The standard InChI is InChI=1S/C20H19N3O6/c1-27-10-9-21-17-8-7-15(11-18(17)23(25)26)20(24)28-13-16-12-19(29-22-16)14-5-3-2-4-6-14/h2-8,11-12,21H,9-10,13H2,1H3. The number of nitrogens with zero attached hydrogens (tertiary/aromatic N) is 2. The van der Waals surface area contributed by atoms with Gasteiger partial charge in [-0.25, -0.2) is 4.79 Å². The molecule has 0 aliphatic heterocycles. The first-order valence-corrected chi connectivity index (χ1v) is 8.78. The number of carbonyl (C=O) groups is 1. The van der Waals surface area contributed by atoms with E-state index in [4.69, 9.17) is 14.0 Å². The van der Waals surface area contributed by atoms with Gasteiger partial charge in [-0.3, -0.25) is 10.1 Å². The molecule has 29 heavy (non-hydrogen) atoms. The zero-order chi connectivity index (χ0) is 20.6. The van der Waals surface area contributed by atoms with Crippen molar-refractivity contribution in [3.05, 3.63) is 76.0 Å². The van der Waals surface area contributed by atoms with Crippen LogP contribution in [0.3, 0.4) is 0 Å². The Labute approximate surface area is 166 Å². The number of nitro benzene ring substituents is 1. The van der Waals surface area contributed by atoms with Crippen LogP contribution in [-0.2, 0) is 16.1 Å². The van der Waals surface area contributed by atoms with Gasteiger partial charge in [-0.15, -0.1) is 0 Å². The average Bonchev–Trinajstić information content (AvgIpc) is 3.22. The number of carbonyl (C=O) groups excluding carboxylic acids is 1. The van der Waals surface area contributed by atoms with E-state index in [0.717, 1.165) is 5.56 Å². The lowest BCUT2D eigenvalue weighted by atomic mass is 10.1. The molecule has 0 saturated carbocycles. The molecule has 0 radical (unpaired) electrons. The largest absolute Gasteiger partial charge is 0.455 e. The van der Waals surface area contributed by atoms with E-state index in [1.165, 1.54) is 25.3 Å². The predicted molar refractivity (Wildman–Crippen MR) is 105 cm³/mol. The molecule has 0 saturated heterocycles. The van der Waals surface area contributed by atoms with Crippen LogP contribution in [0, 0.1) is 10.1 Å². The van der Waals surface area contributed by atoms with Crippen LogP contribution in [0.15, 0.2) is 59.1 Å². The lowest BCUT2D eigenvalue weighted by Crippen LogP contribution is -2.11. The van der Waals surface area contributed by atoms with E-state index in [-0.39, 0.29) is 17.9 Å². The van der Waals surface area contributed by atoms with Gasteiger partial charge in [-0.2, -0.15) is 0 Å². The number of benzene rings is 2. The van der Waals surface area contributed by atoms with E-state index >= 15 is 0 Å². The highest BCUT2D eigenvalue weighted by Gasteiger charge is 2.19. The van der Waals surface area contributed by atoms with E-state index in [9.17, 15) is 14.9 Å². The zero-order valence-corrected chi connectivity index (χ0v) is 15.7. The summed E-state index contributed by atoms with van der Waals surface area (Å²) in [7, 11) is 1.53. The van der Waals surface area contributed by atoms with Crippen LogP contribution in [0.2, 0.25) is 0 Å². The zero-order valence-electron chi connectivity index (χ0n) is 15.7. The number of ether oxygens (including phenoxy) is 2. The maximum atomic E-state index is 12.3. The van der Waals surface area contributed by atoms with Gasteiger partial charge < -0.3 is 19.3 Å². The SMILES string of the molecule is COCCNc1ccc(C(=O)OCc2cc(-c3ccccc3)on2)cc1[N+](=O)[O-]. The van der Waals surface area contributed by atoms with Gasteiger partial charge in [0.25, 0.3) is 5.69 Å². The van der Waals surface area contributed by atoms with Gasteiger partial charge in [0.15, 0.2) is 5.76 Å². The molecule has 0 unspecified atom stereocenters. The van der Waals surface area contributed by atoms with Crippen molar-refractivity contribution in [2.45, 2.75) is 6.61 Å². The molecule has 0 amide bonds. The van der Waals surface area contributed by atoms with Crippen molar-refractivity contribution >= 4 is 17.3 Å². The summed E-state index contributed by atoms with van der Waals surface area (Å²) in [5.41, 5.74) is 1.44. The van der Waals surface area contributed by atoms with Crippen LogP contribution in [0.4, 0.5) is 11.4 Å². The van der Waals surface area contributed by atoms with Crippen LogP contribution in [0.5, 0.6) is 0 Å². The molecule has 0 aliphatic rings. The second-order valence-corrected chi connectivity index (χ2v) is 6.03. The number of rotatable bonds is 9. The lowest BCUT2D eigenvalue weighted by molar-refractivity contribution is -0.384. The summed E-state index contributed by atoms with van der Waals surface area (Å²) in [5.74, 6) is -0.139. The summed E-state index contributed by atoms with van der Waals surface area (Å²) in [5, 5.41) is 18.1. The van der Waals surface area contributed by atoms with Gasteiger partial charge in [0.05, 0.1) is 17.1 Å². The highest BCUT2D eigenvalue weighted by atomic mass is 16.6. The number of aromatic nitrogens is 1. The Morgan fingerprint density at radius 3 is 2.72 bits per heavy atom. The maximum absolute atomic E-state index is 12.3. The third-order valence-corrected chi connectivity index (χ3v) is 4.02. The fraction of sp³-hybridized carbons (Fsp3) is 0.200. The average molecular weight is 397 g/mol. The Bertz CT molecular complexity index is 987. The molecular weight excluding hydrogens is 378 g/mol. The summed E-state index contributed by atoms with van der Waals surface area (Å²) in [6, 6.07) is 15.2. The molecule has 9 nitrogen and oxygen atoms in total. The minimum absolute atomic E-state index is 0.0702. The molecule has 3 aromatic rings. The van der Waals surface area contributed by atoms with Crippen molar-refractivity contribution in [3.8, 4) is 11.3 Å². The van der Waals surface area contributed by atoms with Crippen LogP contribution in [-0.4, -0.2) is 36.3 Å². The molecule has 1 N–H and O–H groups in total. The number of nitro groups is 1. The van der Waals surface area contributed by atoms with Crippen molar-refractivity contribution in [2.75, 3.05) is 25.6 Å². The van der Waals surface area contributed by atoms with Crippen molar-refractivity contribution < 1.29 is 23.7 Å². The summed E-state index contributed by atoms with van der Waals surface area (Å²) < 4.78 is 15.4. The van der Waals surface area contributed by atoms with E-state index in [2.05, 4.69) is 10.5 Å². The minimum Gasteiger partial charge on any atom is -0.455 e. The summed E-state index contributed by atoms with van der Waals surface area (Å²) in [4.78, 5) is 23.0. The summed E-state index contributed by atoms with van der Waals surface area (Å²) >= 11 is 0. The molecule has 9 heteroatoms. The van der Waals surface area contributed by atoms with Crippen LogP contribution in [0.25, 0.3) is 11.3 Å². The third kappa shape index (κ3) is 5.17. The van der Waals surface area contributed by atoms with E-state index < -0.39 is 10.9 Å². The fourth-order valence-corrected chi connectivity index (χ4v) is 2.59. The first-order valence-electron chi connectivity index (χ1n) is 8.78. The molecule has 0 spiro atoms. The molecule has 0 bridgehead atoms. The molecule has 1 aromatic heterocycles. The molecule has 150 valence electrons. The van der Waals surface area contributed by atoms with Gasteiger partial charge in [0.1, 0.15) is 18.0 Å². The minimum atomic E-state index is -0.694. The second kappa shape index (κ2) is 9.47. The van der Waals surface area contributed by atoms with Crippen LogP contribution in [0.1, 0.15) is 16.1 Å². The number of hydrogen-bond acceptors (Lipinski definition) is 8. The van der Waals surface area contributed by atoms with Crippen molar-refractivity contribution in [1.82, 2.24) is 5.16 Å². The second-order valence-electron chi connectivity index (χ2n) is 6.03. The van der Waals surface area contributed by atoms with Gasteiger partial charge in [-0.05, 0) is 12.1 Å². The monoisotopic (exact) mass is 397 g/mol. The topological polar surface area (TPSA) is 117 Å². The highest BCUT2D eigenvalue weighted by molar-refractivity contribution is 5.91. The Kier molecular flexibility index (Phi) is 6.54. The first-order chi connectivity index (χ1) is 14.1. The van der Waals surface area contributed by atoms with Gasteiger partial charge in [-0.1, -0.05) is 35.5 Å². The van der Waals surface area contributed by atoms with Crippen molar-refractivity contribution in [3.63, 3.8) is 0 Å². The summed E-state index contributed by atoms with van der Waals surface area (Å²) in [6.07, 6.45) is 0. The number of nitrogens with one attached hydrogen (secondary N) is 1. The fourth-order valence-electron chi connectivity index (χ4n) is 2.59. The molecule has 2 aromatic carbocycles. The number of esters is 1. The molecule has 1 heterocycles. The van der Waals surface area contributed by atoms with E-state index in [0.29, 0.717) is 30.3 Å². The van der Waals surface area contributed by atoms with Crippen LogP contribution >= 0.6 is 0 Å². The van der Waals surface area contributed by atoms with Crippen molar-refractivity contribution in [1.29, 1.82) is 0 Å². The Hall–Kier alpha value is -3.72. The molecule has 0 atom stereocenters. The van der Waals surface area contributed by atoms with E-state index in [1.807, 2.05) is 30.3 Å². The third-order valence-electron chi connectivity index (χ3n) is 4.02. The lowest BCUT2D eigenvalue weighted by Gasteiger charge is -2.08. The Morgan fingerprint density at radius 2 is 2.00 bits per heavy atom. The first kappa shape index (κ1) is 20.0. The van der Waals surface area contributed by atoms with Gasteiger partial charge in [0, 0.05) is 31.4 Å². The predicted octanol–water partition coefficient (Wildman–Crippen LogP) is 3.67. The molecule has 3 rings (SSSR count). The summed E-state index contributed by atoms with van der Waals surface area (Å²) in [6.45, 7) is 0.678. The van der Waals surface area contributed by atoms with Crippen LogP contribution < -0.4 is 5.32 Å². The van der Waals surface area contributed by atoms with Gasteiger partial charge >= 0.3 is 5.97 Å². The van der Waals surface area contributed by atoms with E-state index in [1.54, 1.807) is 6.07 Å². The quantitative estimate of drug-likeness (QED) is 0.252. The van der Waals surface area contributed by atoms with Gasteiger partial charge in [0.2, 0.25) is 0 Å². The van der Waals surface area contributed by atoms with Crippen molar-refractivity contribution in [2.24, 2.45) is 0 Å². The number of hydrogen-bond donors (Lipinski definition) is 1. The molecule has 0 fully saturated rings.